The van der Waals surface area contributed by atoms with Gasteiger partial charge < -0.3 is 9.84 Å². The number of halogens is 1. The molecule has 118 valence electrons. The molecule has 1 fully saturated rings. The number of rotatable bonds is 3. The van der Waals surface area contributed by atoms with Crippen molar-refractivity contribution >= 4 is 22.9 Å². The van der Waals surface area contributed by atoms with Gasteiger partial charge in [0, 0.05) is 23.7 Å². The first-order valence-electron chi connectivity index (χ1n) is 7.69. The molecule has 0 spiro atoms. The van der Waals surface area contributed by atoms with Crippen LogP contribution >= 0.6 is 22.9 Å². The van der Waals surface area contributed by atoms with Crippen LogP contribution in [0.3, 0.4) is 0 Å². The third-order valence-corrected chi connectivity index (χ3v) is 5.62. The van der Waals surface area contributed by atoms with Crippen LogP contribution in [-0.2, 0) is 0 Å². The van der Waals surface area contributed by atoms with Crippen LogP contribution in [0.15, 0.2) is 41.1 Å². The number of piperidine rings is 1. The Hall–Kier alpha value is -1.69. The van der Waals surface area contributed by atoms with E-state index in [9.17, 15) is 0 Å². The SMILES string of the molecule is Clc1ccccc1-c1cc(-c2cnc(C3CCNCC3)s2)on1. The fraction of sp³-hybridized carbons (Fsp3) is 0.294. The van der Waals surface area contributed by atoms with E-state index in [2.05, 4.69) is 15.5 Å². The van der Waals surface area contributed by atoms with Crippen LogP contribution in [0.25, 0.3) is 21.9 Å². The molecule has 3 aromatic rings. The number of aromatic nitrogens is 2. The van der Waals surface area contributed by atoms with Crippen molar-refractivity contribution in [2.75, 3.05) is 13.1 Å². The molecule has 0 atom stereocenters. The molecule has 4 rings (SSSR count). The lowest BCUT2D eigenvalue weighted by atomic mass is 9.99. The molecular weight excluding hydrogens is 330 g/mol. The molecule has 4 nitrogen and oxygen atoms in total. The van der Waals surface area contributed by atoms with E-state index in [1.807, 2.05) is 36.5 Å². The van der Waals surface area contributed by atoms with E-state index in [1.165, 1.54) is 5.01 Å². The quantitative estimate of drug-likeness (QED) is 0.754. The minimum absolute atomic E-state index is 0.556. The molecular formula is C17H16ClN3OS. The van der Waals surface area contributed by atoms with Crippen LogP contribution in [0.2, 0.25) is 5.02 Å². The summed E-state index contributed by atoms with van der Waals surface area (Å²) in [5.74, 6) is 1.30. The van der Waals surface area contributed by atoms with E-state index in [1.54, 1.807) is 11.3 Å². The molecule has 3 heterocycles. The molecule has 1 aromatic carbocycles. The zero-order chi connectivity index (χ0) is 15.6. The Morgan fingerprint density at radius 3 is 2.87 bits per heavy atom. The molecule has 1 saturated heterocycles. The zero-order valence-corrected chi connectivity index (χ0v) is 14.0. The van der Waals surface area contributed by atoms with Crippen molar-refractivity contribution in [2.24, 2.45) is 0 Å². The lowest BCUT2D eigenvalue weighted by Gasteiger charge is -2.20. The van der Waals surface area contributed by atoms with E-state index >= 15 is 0 Å². The Labute approximate surface area is 143 Å². The second-order valence-corrected chi connectivity index (χ2v) is 7.11. The Morgan fingerprint density at radius 1 is 1.22 bits per heavy atom. The van der Waals surface area contributed by atoms with Gasteiger partial charge in [-0.1, -0.05) is 35.0 Å². The predicted octanol–water partition coefficient (Wildman–Crippen LogP) is 4.59. The summed E-state index contributed by atoms with van der Waals surface area (Å²) in [5, 5.41) is 9.41. The minimum Gasteiger partial charge on any atom is -0.355 e. The largest absolute Gasteiger partial charge is 0.355 e. The van der Waals surface area contributed by atoms with Crippen LogP contribution in [0, 0.1) is 0 Å². The average Bonchev–Trinajstić information content (AvgIpc) is 3.25. The second-order valence-electron chi connectivity index (χ2n) is 5.64. The number of benzene rings is 1. The Balaban J connectivity index is 1.60. The van der Waals surface area contributed by atoms with Crippen LogP contribution in [0.4, 0.5) is 0 Å². The van der Waals surface area contributed by atoms with Gasteiger partial charge in [-0.3, -0.25) is 0 Å². The molecule has 0 unspecified atom stereocenters. The van der Waals surface area contributed by atoms with Gasteiger partial charge in [-0.05, 0) is 32.0 Å². The normalized spacial score (nSPS) is 15.9. The molecule has 0 bridgehead atoms. The van der Waals surface area contributed by atoms with E-state index in [0.717, 1.165) is 47.8 Å². The van der Waals surface area contributed by atoms with Gasteiger partial charge in [0.25, 0.3) is 0 Å². The second kappa shape index (κ2) is 6.43. The zero-order valence-electron chi connectivity index (χ0n) is 12.5. The highest BCUT2D eigenvalue weighted by Crippen LogP contribution is 2.36. The Kier molecular flexibility index (Phi) is 4.16. The molecule has 1 aliphatic rings. The van der Waals surface area contributed by atoms with E-state index in [0.29, 0.717) is 10.9 Å². The highest BCUT2D eigenvalue weighted by molar-refractivity contribution is 7.15. The number of thiazole rings is 1. The van der Waals surface area contributed by atoms with Gasteiger partial charge in [0.2, 0.25) is 0 Å². The van der Waals surface area contributed by atoms with Gasteiger partial charge in [-0.25, -0.2) is 4.98 Å². The first-order valence-corrected chi connectivity index (χ1v) is 8.89. The van der Waals surface area contributed by atoms with Gasteiger partial charge >= 0.3 is 0 Å². The molecule has 6 heteroatoms. The fourth-order valence-electron chi connectivity index (χ4n) is 2.85. The third kappa shape index (κ3) is 3.04. The topological polar surface area (TPSA) is 51.0 Å². The van der Waals surface area contributed by atoms with Crippen molar-refractivity contribution in [1.82, 2.24) is 15.5 Å². The van der Waals surface area contributed by atoms with Crippen molar-refractivity contribution in [2.45, 2.75) is 18.8 Å². The van der Waals surface area contributed by atoms with Crippen molar-refractivity contribution in [1.29, 1.82) is 0 Å². The summed E-state index contributed by atoms with van der Waals surface area (Å²) in [6, 6.07) is 9.57. The first kappa shape index (κ1) is 14.9. The highest BCUT2D eigenvalue weighted by Gasteiger charge is 2.20. The molecule has 23 heavy (non-hydrogen) atoms. The van der Waals surface area contributed by atoms with Gasteiger partial charge in [0.15, 0.2) is 5.76 Å². The van der Waals surface area contributed by atoms with Crippen LogP contribution in [0.5, 0.6) is 0 Å². The van der Waals surface area contributed by atoms with E-state index < -0.39 is 0 Å². The van der Waals surface area contributed by atoms with Gasteiger partial charge in [0.1, 0.15) is 5.69 Å². The maximum absolute atomic E-state index is 6.22. The van der Waals surface area contributed by atoms with Crippen LogP contribution < -0.4 is 5.32 Å². The number of hydrogen-bond donors (Lipinski definition) is 1. The molecule has 1 N–H and O–H groups in total. The number of nitrogens with one attached hydrogen (secondary N) is 1. The molecule has 1 aliphatic heterocycles. The van der Waals surface area contributed by atoms with Crippen molar-refractivity contribution in [3.8, 4) is 21.9 Å². The molecule has 0 radical (unpaired) electrons. The van der Waals surface area contributed by atoms with Crippen LogP contribution in [0.1, 0.15) is 23.8 Å². The van der Waals surface area contributed by atoms with Crippen molar-refractivity contribution < 1.29 is 4.52 Å². The summed E-state index contributed by atoms with van der Waals surface area (Å²) in [6.45, 7) is 2.14. The average molecular weight is 346 g/mol. The lowest BCUT2D eigenvalue weighted by molar-refractivity contribution is 0.435. The first-order chi connectivity index (χ1) is 11.3. The fourth-order valence-corrected chi connectivity index (χ4v) is 4.11. The minimum atomic E-state index is 0.556. The summed E-state index contributed by atoms with van der Waals surface area (Å²) in [6.07, 6.45) is 4.18. The van der Waals surface area contributed by atoms with Crippen LogP contribution in [-0.4, -0.2) is 23.2 Å². The smallest absolute Gasteiger partial charge is 0.179 e. The summed E-state index contributed by atoms with van der Waals surface area (Å²) in [5.41, 5.74) is 1.63. The van der Waals surface area contributed by atoms with Gasteiger partial charge in [-0.2, -0.15) is 0 Å². The summed E-state index contributed by atoms with van der Waals surface area (Å²) >= 11 is 7.92. The summed E-state index contributed by atoms with van der Waals surface area (Å²) in [4.78, 5) is 5.61. The number of nitrogens with zero attached hydrogens (tertiary/aromatic N) is 2. The standard InChI is InChI=1S/C17H16ClN3OS/c18-13-4-2-1-3-12(13)14-9-15(22-21-14)16-10-20-17(23-16)11-5-7-19-8-6-11/h1-4,9-11,19H,5-8H2. The van der Waals surface area contributed by atoms with Crippen molar-refractivity contribution in [3.05, 3.63) is 46.6 Å². The lowest BCUT2D eigenvalue weighted by Crippen LogP contribution is -2.26. The molecule has 0 saturated carbocycles. The molecule has 2 aromatic heterocycles. The van der Waals surface area contributed by atoms with E-state index in [4.69, 9.17) is 16.1 Å². The third-order valence-electron chi connectivity index (χ3n) is 4.11. The summed E-state index contributed by atoms with van der Waals surface area (Å²) < 4.78 is 5.51. The molecule has 0 amide bonds. The highest BCUT2D eigenvalue weighted by atomic mass is 35.5. The maximum Gasteiger partial charge on any atom is 0.179 e. The van der Waals surface area contributed by atoms with Gasteiger partial charge in [-0.15, -0.1) is 11.3 Å². The van der Waals surface area contributed by atoms with Gasteiger partial charge in [0.05, 0.1) is 14.9 Å². The molecule has 0 aliphatic carbocycles. The maximum atomic E-state index is 6.22. The van der Waals surface area contributed by atoms with E-state index in [-0.39, 0.29) is 0 Å². The monoisotopic (exact) mass is 345 g/mol. The Bertz CT molecular complexity index is 808. The number of hydrogen-bond acceptors (Lipinski definition) is 5. The summed E-state index contributed by atoms with van der Waals surface area (Å²) in [7, 11) is 0. The Morgan fingerprint density at radius 2 is 2.04 bits per heavy atom. The predicted molar refractivity (Wildman–Crippen MR) is 92.9 cm³/mol. The van der Waals surface area contributed by atoms with Crippen molar-refractivity contribution in [3.63, 3.8) is 0 Å².